The number of nitrogens with one attached hydrogen (secondary N) is 1. The number of carbonyl (C=O) groups is 2. The van der Waals surface area contributed by atoms with Gasteiger partial charge in [-0.1, -0.05) is 63.4 Å². The summed E-state index contributed by atoms with van der Waals surface area (Å²) < 4.78 is 27.7. The molecule has 2 rings (SSSR count). The van der Waals surface area contributed by atoms with Gasteiger partial charge in [0.2, 0.25) is 21.8 Å². The van der Waals surface area contributed by atoms with E-state index in [0.717, 1.165) is 33.4 Å². The molecular weight excluding hydrogens is 574 g/mol. The number of hydrogen-bond acceptors (Lipinski definition) is 4. The van der Waals surface area contributed by atoms with Crippen molar-refractivity contribution in [3.05, 3.63) is 63.0 Å². The zero-order valence-electron chi connectivity index (χ0n) is 18.9. The minimum Gasteiger partial charge on any atom is -0.354 e. The molecule has 33 heavy (non-hydrogen) atoms. The molecule has 0 aliphatic heterocycles. The minimum atomic E-state index is -3.75. The first-order valence-corrected chi connectivity index (χ1v) is 14.0. The molecule has 7 nitrogen and oxygen atoms in total. The van der Waals surface area contributed by atoms with Crippen LogP contribution >= 0.6 is 31.9 Å². The molecule has 2 aromatic rings. The Balaban J connectivity index is 2.34. The fourth-order valence-electron chi connectivity index (χ4n) is 3.20. The van der Waals surface area contributed by atoms with E-state index in [2.05, 4.69) is 37.2 Å². The highest BCUT2D eigenvalue weighted by molar-refractivity contribution is 9.10. The first-order chi connectivity index (χ1) is 15.5. The second-order valence-corrected chi connectivity index (χ2v) is 11.5. The molecule has 0 heterocycles. The number of unbranched alkanes of at least 4 members (excludes halogenated alkanes) is 1. The smallest absolute Gasteiger partial charge is 0.244 e. The van der Waals surface area contributed by atoms with Crippen LogP contribution < -0.4 is 9.62 Å². The Morgan fingerprint density at radius 2 is 1.70 bits per heavy atom. The molecule has 0 aliphatic rings. The van der Waals surface area contributed by atoms with Crippen LogP contribution in [0.25, 0.3) is 0 Å². The van der Waals surface area contributed by atoms with Crippen molar-refractivity contribution in [2.75, 3.05) is 23.7 Å². The van der Waals surface area contributed by atoms with Gasteiger partial charge in [-0.15, -0.1) is 0 Å². The number of benzene rings is 2. The van der Waals surface area contributed by atoms with Crippen LogP contribution in [0, 0.1) is 0 Å². The fraction of sp³-hybridized carbons (Fsp3) is 0.391. The van der Waals surface area contributed by atoms with Crippen LogP contribution in [0.3, 0.4) is 0 Å². The van der Waals surface area contributed by atoms with Crippen molar-refractivity contribution in [2.45, 2.75) is 39.3 Å². The summed E-state index contributed by atoms with van der Waals surface area (Å²) in [5.74, 6) is -0.751. The molecule has 0 saturated carbocycles. The summed E-state index contributed by atoms with van der Waals surface area (Å²) in [6.45, 7) is 3.94. The SMILES string of the molecule is CCCCNC(=O)[C@H](C)N(Cc1cccc(Br)c1)C(=O)CN(c1cccc(Br)c1)S(C)(=O)=O. The number of halogens is 2. The summed E-state index contributed by atoms with van der Waals surface area (Å²) in [6.07, 6.45) is 2.83. The van der Waals surface area contributed by atoms with Crippen molar-refractivity contribution in [1.82, 2.24) is 10.2 Å². The first kappa shape index (κ1) is 27.3. The van der Waals surface area contributed by atoms with Gasteiger partial charge in [0.15, 0.2) is 0 Å². The van der Waals surface area contributed by atoms with Crippen molar-refractivity contribution in [3.63, 3.8) is 0 Å². The van der Waals surface area contributed by atoms with Crippen LogP contribution in [0.1, 0.15) is 32.3 Å². The van der Waals surface area contributed by atoms with Gasteiger partial charge in [-0.3, -0.25) is 13.9 Å². The van der Waals surface area contributed by atoms with Crippen LogP contribution in [0.4, 0.5) is 5.69 Å². The third-order valence-electron chi connectivity index (χ3n) is 5.01. The highest BCUT2D eigenvalue weighted by atomic mass is 79.9. The summed E-state index contributed by atoms with van der Waals surface area (Å²) in [5.41, 5.74) is 1.18. The van der Waals surface area contributed by atoms with E-state index < -0.39 is 28.5 Å². The van der Waals surface area contributed by atoms with E-state index in [-0.39, 0.29) is 12.5 Å². The molecule has 0 saturated heterocycles. The highest BCUT2D eigenvalue weighted by Gasteiger charge is 2.30. The standard InChI is InChI=1S/C23H29Br2N3O4S/c1-4-5-12-26-23(30)17(2)27(15-18-8-6-9-19(24)13-18)22(29)16-28(33(3,31)32)21-11-7-10-20(25)14-21/h6-11,13-14,17H,4-5,12,15-16H2,1-3H3,(H,26,30)/t17-/m0/s1. The van der Waals surface area contributed by atoms with Gasteiger partial charge in [0.1, 0.15) is 12.6 Å². The number of sulfonamides is 1. The molecule has 2 amide bonds. The lowest BCUT2D eigenvalue weighted by molar-refractivity contribution is -0.139. The maximum atomic E-state index is 13.4. The molecule has 10 heteroatoms. The molecule has 0 unspecified atom stereocenters. The van der Waals surface area contributed by atoms with E-state index in [9.17, 15) is 18.0 Å². The van der Waals surface area contributed by atoms with Gasteiger partial charge in [-0.2, -0.15) is 0 Å². The first-order valence-electron chi connectivity index (χ1n) is 10.6. The Morgan fingerprint density at radius 1 is 1.06 bits per heavy atom. The Morgan fingerprint density at radius 3 is 2.27 bits per heavy atom. The van der Waals surface area contributed by atoms with Gasteiger partial charge in [0, 0.05) is 22.0 Å². The lowest BCUT2D eigenvalue weighted by atomic mass is 10.1. The molecule has 1 atom stereocenters. The van der Waals surface area contributed by atoms with Crippen molar-refractivity contribution in [1.29, 1.82) is 0 Å². The summed E-state index contributed by atoms with van der Waals surface area (Å²) in [4.78, 5) is 27.6. The summed E-state index contributed by atoms with van der Waals surface area (Å²) in [5, 5.41) is 2.86. The molecule has 1 N–H and O–H groups in total. The molecule has 0 aliphatic carbocycles. The molecule has 0 aromatic heterocycles. The fourth-order valence-corrected chi connectivity index (χ4v) is 4.87. The molecule has 0 bridgehead atoms. The van der Waals surface area contributed by atoms with Crippen molar-refractivity contribution < 1.29 is 18.0 Å². The molecule has 180 valence electrons. The second-order valence-electron chi connectivity index (χ2n) is 7.72. The molecule has 2 aromatic carbocycles. The lowest BCUT2D eigenvalue weighted by Crippen LogP contribution is -2.51. The summed E-state index contributed by atoms with van der Waals surface area (Å²) in [6, 6.07) is 13.4. The van der Waals surface area contributed by atoms with Gasteiger partial charge in [-0.25, -0.2) is 8.42 Å². The van der Waals surface area contributed by atoms with E-state index in [4.69, 9.17) is 0 Å². The summed E-state index contributed by atoms with van der Waals surface area (Å²) in [7, 11) is -3.75. The Kier molecular flexibility index (Phi) is 10.4. The van der Waals surface area contributed by atoms with Crippen LogP contribution in [0.15, 0.2) is 57.5 Å². The van der Waals surface area contributed by atoms with Gasteiger partial charge < -0.3 is 10.2 Å². The minimum absolute atomic E-state index is 0.163. The number of anilines is 1. The van der Waals surface area contributed by atoms with Crippen molar-refractivity contribution >= 4 is 59.4 Å². The Bertz CT molecular complexity index is 1080. The van der Waals surface area contributed by atoms with E-state index in [1.165, 1.54) is 4.90 Å². The number of rotatable bonds is 11. The topological polar surface area (TPSA) is 86.8 Å². The number of amides is 2. The number of hydrogen-bond donors (Lipinski definition) is 1. The molecular formula is C23H29Br2N3O4S. The van der Waals surface area contributed by atoms with E-state index >= 15 is 0 Å². The highest BCUT2D eigenvalue weighted by Crippen LogP contribution is 2.23. The predicted octanol–water partition coefficient (Wildman–Crippen LogP) is 4.31. The van der Waals surface area contributed by atoms with Crippen LogP contribution in [0.2, 0.25) is 0 Å². The lowest BCUT2D eigenvalue weighted by Gasteiger charge is -2.31. The number of carbonyl (C=O) groups excluding carboxylic acids is 2. The zero-order valence-corrected chi connectivity index (χ0v) is 22.9. The predicted molar refractivity (Wildman–Crippen MR) is 138 cm³/mol. The normalized spacial score (nSPS) is 12.2. The molecule has 0 spiro atoms. The van der Waals surface area contributed by atoms with E-state index in [0.29, 0.717) is 16.7 Å². The quantitative estimate of drug-likeness (QED) is 0.388. The van der Waals surface area contributed by atoms with Gasteiger partial charge in [0.05, 0.1) is 11.9 Å². The van der Waals surface area contributed by atoms with Crippen molar-refractivity contribution in [2.24, 2.45) is 0 Å². The Labute approximate surface area is 212 Å². The zero-order chi connectivity index (χ0) is 24.6. The monoisotopic (exact) mass is 601 g/mol. The van der Waals surface area contributed by atoms with Crippen molar-refractivity contribution in [3.8, 4) is 0 Å². The van der Waals surface area contributed by atoms with E-state index in [1.54, 1.807) is 31.2 Å². The van der Waals surface area contributed by atoms with Gasteiger partial charge in [-0.05, 0) is 49.2 Å². The molecule has 0 radical (unpaired) electrons. The average Bonchev–Trinajstić information content (AvgIpc) is 2.74. The average molecular weight is 603 g/mol. The Hall–Kier alpha value is -1.91. The van der Waals surface area contributed by atoms with Crippen LogP contribution in [-0.4, -0.2) is 50.5 Å². The van der Waals surface area contributed by atoms with Gasteiger partial charge >= 0.3 is 0 Å². The number of nitrogens with zero attached hydrogens (tertiary/aromatic N) is 2. The maximum absolute atomic E-state index is 13.4. The second kappa shape index (κ2) is 12.5. The summed E-state index contributed by atoms with van der Waals surface area (Å²) >= 11 is 6.77. The third kappa shape index (κ3) is 8.42. The van der Waals surface area contributed by atoms with E-state index in [1.807, 2.05) is 31.2 Å². The maximum Gasteiger partial charge on any atom is 0.244 e. The molecule has 0 fully saturated rings. The van der Waals surface area contributed by atoms with Crippen LogP contribution in [-0.2, 0) is 26.2 Å². The largest absolute Gasteiger partial charge is 0.354 e. The van der Waals surface area contributed by atoms with Crippen LogP contribution in [0.5, 0.6) is 0 Å². The van der Waals surface area contributed by atoms with Gasteiger partial charge in [0.25, 0.3) is 0 Å². The third-order valence-corrected chi connectivity index (χ3v) is 7.14.